The Balaban J connectivity index is 1.86. The molecule has 1 unspecified atom stereocenters. The van der Waals surface area contributed by atoms with E-state index in [9.17, 15) is 5.11 Å². The Kier molecular flexibility index (Phi) is 5.02. The first-order valence-electron chi connectivity index (χ1n) is 6.80. The summed E-state index contributed by atoms with van der Waals surface area (Å²) in [6.45, 7) is 5.02. The molecule has 0 aromatic heterocycles. The molecule has 2 rings (SSSR count). The number of rotatable bonds is 5. The van der Waals surface area contributed by atoms with E-state index in [-0.39, 0.29) is 12.5 Å². The Hall–Kier alpha value is -1.06. The first-order chi connectivity index (χ1) is 8.79. The van der Waals surface area contributed by atoms with Crippen LogP contribution < -0.4 is 10.1 Å². The van der Waals surface area contributed by atoms with Crippen molar-refractivity contribution in [3.63, 3.8) is 0 Å². The normalized spacial score (nSPS) is 18.6. The van der Waals surface area contributed by atoms with Crippen LogP contribution in [-0.2, 0) is 0 Å². The van der Waals surface area contributed by atoms with Gasteiger partial charge in [0, 0.05) is 12.5 Å². The van der Waals surface area contributed by atoms with E-state index < -0.39 is 0 Å². The molecule has 0 saturated carbocycles. The first-order valence-corrected chi connectivity index (χ1v) is 6.80. The Bertz CT molecular complexity index is 361. The summed E-state index contributed by atoms with van der Waals surface area (Å²) in [5.41, 5.74) is 1.20. The summed E-state index contributed by atoms with van der Waals surface area (Å²) >= 11 is 0. The fourth-order valence-corrected chi connectivity index (χ4v) is 2.56. The Labute approximate surface area is 109 Å². The van der Waals surface area contributed by atoms with Crippen molar-refractivity contribution >= 4 is 0 Å². The van der Waals surface area contributed by atoms with Gasteiger partial charge in [-0.2, -0.15) is 0 Å². The van der Waals surface area contributed by atoms with Crippen molar-refractivity contribution in [3.05, 3.63) is 29.8 Å². The van der Waals surface area contributed by atoms with Gasteiger partial charge in [0.1, 0.15) is 5.75 Å². The SMILES string of the molecule is Cc1cccc(OCC(CO)C2CCNCC2)c1. The number of aryl methyl sites for hydroxylation is 1. The summed E-state index contributed by atoms with van der Waals surface area (Å²) in [5, 5.41) is 12.9. The largest absolute Gasteiger partial charge is 0.493 e. The molecule has 0 radical (unpaired) electrons. The number of nitrogens with one attached hydrogen (secondary N) is 1. The molecule has 18 heavy (non-hydrogen) atoms. The van der Waals surface area contributed by atoms with Crippen LogP contribution in [0.1, 0.15) is 18.4 Å². The number of aliphatic hydroxyl groups excluding tert-OH is 1. The smallest absolute Gasteiger partial charge is 0.119 e. The van der Waals surface area contributed by atoms with Gasteiger partial charge < -0.3 is 15.2 Å². The average molecular weight is 249 g/mol. The van der Waals surface area contributed by atoms with E-state index in [1.807, 2.05) is 18.2 Å². The molecule has 1 aromatic carbocycles. The molecule has 100 valence electrons. The van der Waals surface area contributed by atoms with Gasteiger partial charge >= 0.3 is 0 Å². The van der Waals surface area contributed by atoms with Gasteiger partial charge in [0.05, 0.1) is 6.61 Å². The lowest BCUT2D eigenvalue weighted by Crippen LogP contribution is -2.35. The van der Waals surface area contributed by atoms with Crippen molar-refractivity contribution in [3.8, 4) is 5.75 Å². The van der Waals surface area contributed by atoms with Crippen LogP contribution in [0.25, 0.3) is 0 Å². The van der Waals surface area contributed by atoms with Crippen molar-refractivity contribution in [2.75, 3.05) is 26.3 Å². The Morgan fingerprint density at radius 1 is 1.39 bits per heavy atom. The molecule has 0 bridgehead atoms. The highest BCUT2D eigenvalue weighted by molar-refractivity contribution is 5.27. The van der Waals surface area contributed by atoms with E-state index in [1.54, 1.807) is 0 Å². The summed E-state index contributed by atoms with van der Waals surface area (Å²) in [4.78, 5) is 0. The molecule has 1 aliphatic rings. The highest BCUT2D eigenvalue weighted by Crippen LogP contribution is 2.23. The summed E-state index contributed by atoms with van der Waals surface area (Å²) < 4.78 is 5.81. The van der Waals surface area contributed by atoms with Crippen molar-refractivity contribution < 1.29 is 9.84 Å². The fraction of sp³-hybridized carbons (Fsp3) is 0.600. The zero-order valence-corrected chi connectivity index (χ0v) is 11.1. The lowest BCUT2D eigenvalue weighted by Gasteiger charge is -2.29. The van der Waals surface area contributed by atoms with E-state index in [4.69, 9.17) is 4.74 Å². The second kappa shape index (κ2) is 6.76. The van der Waals surface area contributed by atoms with Crippen LogP contribution in [0.2, 0.25) is 0 Å². The standard InChI is InChI=1S/C15H23NO2/c1-12-3-2-4-15(9-12)18-11-14(10-17)13-5-7-16-8-6-13/h2-4,9,13-14,16-17H,5-8,10-11H2,1H3. The number of piperidine rings is 1. The van der Waals surface area contributed by atoms with E-state index in [0.29, 0.717) is 12.5 Å². The monoisotopic (exact) mass is 249 g/mol. The number of benzene rings is 1. The Morgan fingerprint density at radius 2 is 2.17 bits per heavy atom. The zero-order chi connectivity index (χ0) is 12.8. The van der Waals surface area contributed by atoms with Crippen LogP contribution in [0, 0.1) is 18.8 Å². The summed E-state index contributed by atoms with van der Waals surface area (Å²) in [6.07, 6.45) is 2.28. The summed E-state index contributed by atoms with van der Waals surface area (Å²) in [7, 11) is 0. The molecule has 1 saturated heterocycles. The lowest BCUT2D eigenvalue weighted by atomic mass is 9.86. The predicted octanol–water partition coefficient (Wildman–Crippen LogP) is 1.98. The van der Waals surface area contributed by atoms with Gasteiger partial charge in [-0.15, -0.1) is 0 Å². The number of hydrogen-bond donors (Lipinski definition) is 2. The van der Waals surface area contributed by atoms with E-state index in [0.717, 1.165) is 31.7 Å². The molecule has 1 fully saturated rings. The third-order valence-corrected chi connectivity index (χ3v) is 3.74. The van der Waals surface area contributed by atoms with Crippen LogP contribution in [0.15, 0.2) is 24.3 Å². The maximum absolute atomic E-state index is 9.51. The van der Waals surface area contributed by atoms with Crippen molar-refractivity contribution in [2.45, 2.75) is 19.8 Å². The van der Waals surface area contributed by atoms with Crippen molar-refractivity contribution in [1.29, 1.82) is 0 Å². The number of ether oxygens (including phenoxy) is 1. The number of hydrogen-bond acceptors (Lipinski definition) is 3. The minimum absolute atomic E-state index is 0.219. The molecule has 1 atom stereocenters. The van der Waals surface area contributed by atoms with E-state index >= 15 is 0 Å². The van der Waals surface area contributed by atoms with Gasteiger partial charge in [0.2, 0.25) is 0 Å². The first kappa shape index (κ1) is 13.4. The van der Waals surface area contributed by atoms with Gasteiger partial charge in [0.15, 0.2) is 0 Å². The highest BCUT2D eigenvalue weighted by Gasteiger charge is 2.23. The van der Waals surface area contributed by atoms with Crippen LogP contribution in [-0.4, -0.2) is 31.4 Å². The fourth-order valence-electron chi connectivity index (χ4n) is 2.56. The molecule has 2 N–H and O–H groups in total. The van der Waals surface area contributed by atoms with Crippen LogP contribution >= 0.6 is 0 Å². The molecule has 3 nitrogen and oxygen atoms in total. The van der Waals surface area contributed by atoms with Gasteiger partial charge in [-0.25, -0.2) is 0 Å². The minimum Gasteiger partial charge on any atom is -0.493 e. The third kappa shape index (κ3) is 3.72. The topological polar surface area (TPSA) is 41.5 Å². The number of aliphatic hydroxyl groups is 1. The predicted molar refractivity (Wildman–Crippen MR) is 72.8 cm³/mol. The van der Waals surface area contributed by atoms with Crippen molar-refractivity contribution in [2.24, 2.45) is 11.8 Å². The third-order valence-electron chi connectivity index (χ3n) is 3.74. The van der Waals surface area contributed by atoms with Crippen LogP contribution in [0.4, 0.5) is 0 Å². The van der Waals surface area contributed by atoms with E-state index in [1.165, 1.54) is 5.56 Å². The zero-order valence-electron chi connectivity index (χ0n) is 11.1. The van der Waals surface area contributed by atoms with E-state index in [2.05, 4.69) is 18.3 Å². The summed E-state index contributed by atoms with van der Waals surface area (Å²) in [6, 6.07) is 8.08. The van der Waals surface area contributed by atoms with Gasteiger partial charge in [-0.1, -0.05) is 12.1 Å². The van der Waals surface area contributed by atoms with Crippen molar-refractivity contribution in [1.82, 2.24) is 5.32 Å². The lowest BCUT2D eigenvalue weighted by molar-refractivity contribution is 0.102. The van der Waals surface area contributed by atoms with Gasteiger partial charge in [0.25, 0.3) is 0 Å². The molecular weight excluding hydrogens is 226 g/mol. The van der Waals surface area contributed by atoms with Crippen LogP contribution in [0.5, 0.6) is 5.75 Å². The van der Waals surface area contributed by atoms with Crippen LogP contribution in [0.3, 0.4) is 0 Å². The minimum atomic E-state index is 0.219. The molecule has 1 aliphatic heterocycles. The molecule has 0 aliphatic carbocycles. The molecule has 3 heteroatoms. The van der Waals surface area contributed by atoms with Gasteiger partial charge in [-0.05, 0) is 56.5 Å². The molecule has 0 amide bonds. The highest BCUT2D eigenvalue weighted by atomic mass is 16.5. The maximum Gasteiger partial charge on any atom is 0.119 e. The summed E-state index contributed by atoms with van der Waals surface area (Å²) in [5.74, 6) is 1.75. The molecule has 1 aromatic rings. The molecule has 1 heterocycles. The second-order valence-electron chi connectivity index (χ2n) is 5.16. The Morgan fingerprint density at radius 3 is 2.83 bits per heavy atom. The van der Waals surface area contributed by atoms with Gasteiger partial charge in [-0.3, -0.25) is 0 Å². The second-order valence-corrected chi connectivity index (χ2v) is 5.16. The maximum atomic E-state index is 9.51. The average Bonchev–Trinajstić information content (AvgIpc) is 2.41. The molecule has 0 spiro atoms. The molecular formula is C15H23NO2. The quantitative estimate of drug-likeness (QED) is 0.838.